The van der Waals surface area contributed by atoms with Gasteiger partial charge in [0, 0.05) is 17.3 Å². The van der Waals surface area contributed by atoms with Crippen LogP contribution in [0.5, 0.6) is 17.2 Å². The number of allylic oxidation sites excluding steroid dienone is 1. The summed E-state index contributed by atoms with van der Waals surface area (Å²) in [5.74, 6) is -0.317. The van der Waals surface area contributed by atoms with Gasteiger partial charge in [-0.2, -0.15) is 0 Å². The van der Waals surface area contributed by atoms with Crippen molar-refractivity contribution in [2.24, 2.45) is 0 Å². The maximum Gasteiger partial charge on any atom is 0.248 e. The molecule has 0 saturated carbocycles. The summed E-state index contributed by atoms with van der Waals surface area (Å²) in [4.78, 5) is 11.5. The quantitative estimate of drug-likeness (QED) is 0.395. The molecule has 0 unspecified atom stereocenters. The number of anilines is 1. The van der Waals surface area contributed by atoms with Gasteiger partial charge < -0.3 is 20.6 Å². The van der Waals surface area contributed by atoms with E-state index in [1.54, 1.807) is 37.3 Å². The molecule has 5 heteroatoms. The minimum Gasteiger partial charge on any atom is -0.508 e. The summed E-state index contributed by atoms with van der Waals surface area (Å²) >= 11 is 0. The van der Waals surface area contributed by atoms with E-state index in [4.69, 9.17) is 0 Å². The monoisotopic (exact) mass is 311 g/mol. The third kappa shape index (κ3) is 4.64. The zero-order chi connectivity index (χ0) is 16.8. The Hall–Kier alpha value is -3.21. The van der Waals surface area contributed by atoms with E-state index >= 15 is 0 Å². The minimum absolute atomic E-state index is 0.0506. The van der Waals surface area contributed by atoms with Crippen molar-refractivity contribution >= 4 is 23.7 Å². The van der Waals surface area contributed by atoms with Gasteiger partial charge in [0.25, 0.3) is 0 Å². The van der Waals surface area contributed by atoms with Gasteiger partial charge in [-0.25, -0.2) is 0 Å². The zero-order valence-corrected chi connectivity index (χ0v) is 12.5. The molecule has 0 bridgehead atoms. The molecule has 118 valence electrons. The Bertz CT molecular complexity index is 758. The Balaban J connectivity index is 2.24. The van der Waals surface area contributed by atoms with Gasteiger partial charge in [-0.3, -0.25) is 4.79 Å². The molecule has 1 amide bonds. The van der Waals surface area contributed by atoms with Gasteiger partial charge in [-0.1, -0.05) is 18.2 Å². The van der Waals surface area contributed by atoms with Crippen LogP contribution in [0.15, 0.2) is 48.6 Å². The van der Waals surface area contributed by atoms with E-state index in [-0.39, 0.29) is 23.2 Å². The molecule has 2 rings (SSSR count). The predicted molar refractivity (Wildman–Crippen MR) is 90.3 cm³/mol. The number of amides is 1. The third-order valence-electron chi connectivity index (χ3n) is 2.99. The summed E-state index contributed by atoms with van der Waals surface area (Å²) < 4.78 is 0. The number of rotatable bonds is 4. The van der Waals surface area contributed by atoms with Crippen molar-refractivity contribution in [1.29, 1.82) is 0 Å². The molecule has 5 nitrogen and oxygen atoms in total. The molecule has 2 aromatic rings. The van der Waals surface area contributed by atoms with E-state index in [9.17, 15) is 20.1 Å². The van der Waals surface area contributed by atoms with Crippen LogP contribution in [0.3, 0.4) is 0 Å². The second-order valence-electron chi connectivity index (χ2n) is 4.88. The van der Waals surface area contributed by atoms with Crippen LogP contribution in [0.4, 0.5) is 5.69 Å². The molecule has 0 aromatic heterocycles. The lowest BCUT2D eigenvalue weighted by molar-refractivity contribution is -0.111. The lowest BCUT2D eigenvalue weighted by Gasteiger charge is -2.05. The number of hydrogen-bond acceptors (Lipinski definition) is 4. The topological polar surface area (TPSA) is 89.8 Å². The normalized spacial score (nSPS) is 11.2. The van der Waals surface area contributed by atoms with E-state index in [0.717, 1.165) is 0 Å². The lowest BCUT2D eigenvalue weighted by Crippen LogP contribution is -2.07. The van der Waals surface area contributed by atoms with Gasteiger partial charge in [0.2, 0.25) is 5.91 Å². The van der Waals surface area contributed by atoms with E-state index < -0.39 is 0 Å². The highest BCUT2D eigenvalue weighted by atomic mass is 16.3. The number of aromatic hydroxyl groups is 3. The largest absolute Gasteiger partial charge is 0.508 e. The summed E-state index contributed by atoms with van der Waals surface area (Å²) in [5.41, 5.74) is 1.61. The van der Waals surface area contributed by atoms with E-state index in [2.05, 4.69) is 5.32 Å². The molecular weight excluding hydrogens is 294 g/mol. The SMILES string of the molecule is C/C=C/C(=O)Nc1ccc(O)c(/C=C/c2cc(O)cc(O)c2)c1. The van der Waals surface area contributed by atoms with Gasteiger partial charge in [0.1, 0.15) is 17.2 Å². The van der Waals surface area contributed by atoms with Crippen LogP contribution in [0.2, 0.25) is 0 Å². The van der Waals surface area contributed by atoms with Crippen molar-refractivity contribution in [3.05, 3.63) is 59.7 Å². The Kier molecular flexibility index (Phi) is 5.04. The first-order chi connectivity index (χ1) is 11.0. The summed E-state index contributed by atoms with van der Waals surface area (Å²) in [5, 5.41) is 31.4. The van der Waals surface area contributed by atoms with Crippen LogP contribution in [-0.2, 0) is 4.79 Å². The van der Waals surface area contributed by atoms with E-state index in [0.29, 0.717) is 16.8 Å². The molecule has 0 atom stereocenters. The molecule has 2 aromatic carbocycles. The first-order valence-corrected chi connectivity index (χ1v) is 6.96. The fourth-order valence-corrected chi connectivity index (χ4v) is 2.00. The summed E-state index contributed by atoms with van der Waals surface area (Å²) in [6, 6.07) is 8.87. The molecule has 0 saturated heterocycles. The standard InChI is InChI=1S/C18H17NO4/c1-2-3-18(23)19-14-6-7-17(22)13(10-14)5-4-12-8-15(20)11-16(21)9-12/h2-11,20-22H,1H3,(H,19,23)/b3-2+,5-4+. The van der Waals surface area contributed by atoms with Gasteiger partial charge >= 0.3 is 0 Å². The molecule has 0 heterocycles. The minimum atomic E-state index is -0.258. The molecule has 0 radical (unpaired) electrons. The van der Waals surface area contributed by atoms with Crippen LogP contribution < -0.4 is 5.32 Å². The van der Waals surface area contributed by atoms with E-state index in [1.807, 2.05) is 0 Å². The van der Waals surface area contributed by atoms with Gasteiger partial charge in [-0.15, -0.1) is 0 Å². The number of phenols is 3. The average molecular weight is 311 g/mol. The van der Waals surface area contributed by atoms with Crippen molar-refractivity contribution in [2.75, 3.05) is 5.32 Å². The second kappa shape index (κ2) is 7.17. The molecule has 0 aliphatic rings. The van der Waals surface area contributed by atoms with Crippen LogP contribution in [0.1, 0.15) is 18.1 Å². The van der Waals surface area contributed by atoms with Crippen LogP contribution in [0, 0.1) is 0 Å². The Morgan fingerprint density at radius 2 is 1.70 bits per heavy atom. The van der Waals surface area contributed by atoms with Crippen molar-refractivity contribution in [2.45, 2.75) is 6.92 Å². The Labute approximate surface area is 133 Å². The molecule has 4 N–H and O–H groups in total. The Morgan fingerprint density at radius 3 is 2.35 bits per heavy atom. The first kappa shape index (κ1) is 16.2. The number of carbonyl (C=O) groups is 1. The van der Waals surface area contributed by atoms with Gasteiger partial charge in [0.05, 0.1) is 0 Å². The maximum absolute atomic E-state index is 11.5. The molecule has 0 spiro atoms. The number of nitrogens with one attached hydrogen (secondary N) is 1. The smallest absolute Gasteiger partial charge is 0.248 e. The highest BCUT2D eigenvalue weighted by Crippen LogP contribution is 2.26. The molecular formula is C18H17NO4. The molecule has 23 heavy (non-hydrogen) atoms. The highest BCUT2D eigenvalue weighted by molar-refractivity contribution is 5.99. The van der Waals surface area contributed by atoms with Crippen molar-refractivity contribution < 1.29 is 20.1 Å². The third-order valence-corrected chi connectivity index (χ3v) is 2.99. The molecule has 0 aliphatic heterocycles. The summed E-state index contributed by atoms with van der Waals surface area (Å²) in [7, 11) is 0. The van der Waals surface area contributed by atoms with Crippen LogP contribution in [0.25, 0.3) is 12.2 Å². The molecule has 0 aliphatic carbocycles. The van der Waals surface area contributed by atoms with Crippen molar-refractivity contribution in [1.82, 2.24) is 0 Å². The predicted octanol–water partition coefficient (Wildman–Crippen LogP) is 3.49. The highest BCUT2D eigenvalue weighted by Gasteiger charge is 2.03. The van der Waals surface area contributed by atoms with Gasteiger partial charge in [0.15, 0.2) is 0 Å². The zero-order valence-electron chi connectivity index (χ0n) is 12.5. The fourth-order valence-electron chi connectivity index (χ4n) is 2.00. The van der Waals surface area contributed by atoms with Gasteiger partial charge in [-0.05, 0) is 48.9 Å². The maximum atomic E-state index is 11.5. The number of phenolic OH excluding ortho intramolecular Hbond substituents is 3. The van der Waals surface area contributed by atoms with Crippen LogP contribution in [-0.4, -0.2) is 21.2 Å². The summed E-state index contributed by atoms with van der Waals surface area (Å²) in [6.07, 6.45) is 6.28. The second-order valence-corrected chi connectivity index (χ2v) is 4.88. The lowest BCUT2D eigenvalue weighted by atomic mass is 10.1. The summed E-state index contributed by atoms with van der Waals surface area (Å²) in [6.45, 7) is 1.75. The van der Waals surface area contributed by atoms with E-state index in [1.165, 1.54) is 30.3 Å². The number of benzene rings is 2. The fraction of sp³-hybridized carbons (Fsp3) is 0.0556. The number of carbonyl (C=O) groups excluding carboxylic acids is 1. The Morgan fingerprint density at radius 1 is 1.00 bits per heavy atom. The average Bonchev–Trinajstić information content (AvgIpc) is 2.47. The number of hydrogen-bond donors (Lipinski definition) is 4. The van der Waals surface area contributed by atoms with Crippen molar-refractivity contribution in [3.63, 3.8) is 0 Å². The molecule has 0 fully saturated rings. The van der Waals surface area contributed by atoms with Crippen molar-refractivity contribution in [3.8, 4) is 17.2 Å². The first-order valence-electron chi connectivity index (χ1n) is 6.96. The van der Waals surface area contributed by atoms with Crippen LogP contribution >= 0.6 is 0 Å².